The number of aryl methyl sites for hydroxylation is 1. The van der Waals surface area contributed by atoms with Gasteiger partial charge in [0.05, 0.1) is 5.69 Å². The maximum absolute atomic E-state index is 12.7. The zero-order valence-electron chi connectivity index (χ0n) is 14.7. The number of hydrogen-bond acceptors (Lipinski definition) is 3. The summed E-state index contributed by atoms with van der Waals surface area (Å²) in [5.41, 5.74) is 4.35. The normalized spacial score (nSPS) is 11.0. The van der Waals surface area contributed by atoms with E-state index in [1.165, 1.54) is 0 Å². The molecular formula is C20H19N5O. The average Bonchev–Trinajstić information content (AvgIpc) is 3.30. The number of amides is 1. The van der Waals surface area contributed by atoms with Crippen molar-refractivity contribution in [1.29, 1.82) is 0 Å². The second kappa shape index (κ2) is 6.48. The summed E-state index contributed by atoms with van der Waals surface area (Å²) in [6.45, 7) is 2.51. The van der Waals surface area contributed by atoms with E-state index in [4.69, 9.17) is 0 Å². The first-order valence-electron chi connectivity index (χ1n) is 8.40. The molecule has 4 rings (SSSR count). The fraction of sp³-hybridized carbons (Fsp3) is 0.150. The summed E-state index contributed by atoms with van der Waals surface area (Å²) in [5, 5.41) is 4.24. The van der Waals surface area contributed by atoms with Gasteiger partial charge in [-0.2, -0.15) is 5.10 Å². The monoisotopic (exact) mass is 345 g/mol. The van der Waals surface area contributed by atoms with E-state index >= 15 is 0 Å². The van der Waals surface area contributed by atoms with Gasteiger partial charge in [0.1, 0.15) is 11.3 Å². The van der Waals surface area contributed by atoms with Crippen LogP contribution < -0.4 is 0 Å². The molecule has 0 N–H and O–H groups in total. The molecule has 130 valence electrons. The Morgan fingerprint density at radius 2 is 2.04 bits per heavy atom. The van der Waals surface area contributed by atoms with Crippen LogP contribution in [0.4, 0.5) is 0 Å². The molecule has 0 spiro atoms. The molecule has 0 unspecified atom stereocenters. The topological polar surface area (TPSA) is 55.4 Å². The van der Waals surface area contributed by atoms with E-state index in [0.717, 1.165) is 22.5 Å². The van der Waals surface area contributed by atoms with E-state index in [1.54, 1.807) is 29.0 Å². The number of aromatic nitrogens is 4. The van der Waals surface area contributed by atoms with E-state index in [9.17, 15) is 4.79 Å². The minimum Gasteiger partial charge on any atom is -0.336 e. The number of pyridine rings is 1. The summed E-state index contributed by atoms with van der Waals surface area (Å²) in [6, 6.07) is 13.8. The minimum absolute atomic E-state index is 0.101. The number of imidazole rings is 1. The molecule has 6 heteroatoms. The number of carbonyl (C=O) groups excluding carboxylic acids is 1. The summed E-state index contributed by atoms with van der Waals surface area (Å²) >= 11 is 0. The van der Waals surface area contributed by atoms with Gasteiger partial charge in [0.2, 0.25) is 0 Å². The van der Waals surface area contributed by atoms with Crippen molar-refractivity contribution in [3.63, 3.8) is 0 Å². The highest BCUT2D eigenvalue weighted by molar-refractivity contribution is 5.92. The van der Waals surface area contributed by atoms with Crippen LogP contribution in [0.15, 0.2) is 67.3 Å². The molecule has 6 nitrogen and oxygen atoms in total. The smallest absolute Gasteiger partial charge is 0.274 e. The van der Waals surface area contributed by atoms with Gasteiger partial charge < -0.3 is 9.30 Å². The molecule has 26 heavy (non-hydrogen) atoms. The molecule has 0 atom stereocenters. The molecule has 1 aromatic carbocycles. The highest BCUT2D eigenvalue weighted by Gasteiger charge is 2.16. The maximum atomic E-state index is 12.7. The Kier molecular flexibility index (Phi) is 4.01. The molecule has 3 aromatic heterocycles. The van der Waals surface area contributed by atoms with Crippen LogP contribution in [-0.4, -0.2) is 37.0 Å². The Bertz CT molecular complexity index is 1060. The zero-order chi connectivity index (χ0) is 18.1. The summed E-state index contributed by atoms with van der Waals surface area (Å²) in [6.07, 6.45) is 7.33. The second-order valence-electron chi connectivity index (χ2n) is 6.38. The predicted octanol–water partition coefficient (Wildman–Crippen LogP) is 3.10. The SMILES string of the molecule is Cc1ccn2cc(C(=O)N(C)Cc3cccc(-n4cccn4)c3)nc2c1. The average molecular weight is 345 g/mol. The lowest BCUT2D eigenvalue weighted by molar-refractivity contribution is 0.0780. The van der Waals surface area contributed by atoms with Gasteiger partial charge in [0.25, 0.3) is 5.91 Å². The lowest BCUT2D eigenvalue weighted by atomic mass is 10.2. The predicted molar refractivity (Wildman–Crippen MR) is 99.3 cm³/mol. The van der Waals surface area contributed by atoms with Crippen LogP contribution in [0.25, 0.3) is 11.3 Å². The van der Waals surface area contributed by atoms with Crippen LogP contribution in [0.1, 0.15) is 21.6 Å². The third kappa shape index (κ3) is 3.09. The van der Waals surface area contributed by atoms with Crippen molar-refractivity contribution in [2.75, 3.05) is 7.05 Å². The summed E-state index contributed by atoms with van der Waals surface area (Å²) < 4.78 is 3.67. The minimum atomic E-state index is -0.101. The Labute approximate surface area is 151 Å². The molecule has 1 amide bonds. The molecule has 0 aliphatic heterocycles. The number of fused-ring (bicyclic) bond motifs is 1. The molecule has 0 fully saturated rings. The summed E-state index contributed by atoms with van der Waals surface area (Å²) in [5.74, 6) is -0.101. The molecule has 0 bridgehead atoms. The van der Waals surface area contributed by atoms with Gasteiger partial charge in [-0.05, 0) is 48.4 Å². The second-order valence-corrected chi connectivity index (χ2v) is 6.38. The quantitative estimate of drug-likeness (QED) is 0.571. The van der Waals surface area contributed by atoms with Crippen molar-refractivity contribution in [2.45, 2.75) is 13.5 Å². The van der Waals surface area contributed by atoms with Crippen molar-refractivity contribution in [3.05, 3.63) is 84.1 Å². The van der Waals surface area contributed by atoms with E-state index < -0.39 is 0 Å². The van der Waals surface area contributed by atoms with E-state index in [0.29, 0.717) is 12.2 Å². The zero-order valence-corrected chi connectivity index (χ0v) is 14.7. The van der Waals surface area contributed by atoms with Crippen LogP contribution in [0.2, 0.25) is 0 Å². The largest absolute Gasteiger partial charge is 0.336 e. The first-order valence-corrected chi connectivity index (χ1v) is 8.40. The highest BCUT2D eigenvalue weighted by Crippen LogP contribution is 2.14. The Morgan fingerprint density at radius 3 is 2.85 bits per heavy atom. The Morgan fingerprint density at radius 1 is 1.15 bits per heavy atom. The van der Waals surface area contributed by atoms with Crippen molar-refractivity contribution >= 4 is 11.6 Å². The lowest BCUT2D eigenvalue weighted by Gasteiger charge is -2.16. The first-order chi connectivity index (χ1) is 12.6. The lowest BCUT2D eigenvalue weighted by Crippen LogP contribution is -2.26. The molecular weight excluding hydrogens is 326 g/mol. The van der Waals surface area contributed by atoms with Crippen molar-refractivity contribution in [2.24, 2.45) is 0 Å². The summed E-state index contributed by atoms with van der Waals surface area (Å²) in [7, 11) is 1.79. The Hall–Kier alpha value is -3.41. The molecule has 0 aliphatic carbocycles. The molecule has 0 aliphatic rings. The molecule has 0 saturated carbocycles. The van der Waals surface area contributed by atoms with Crippen LogP contribution >= 0.6 is 0 Å². The summed E-state index contributed by atoms with van der Waals surface area (Å²) in [4.78, 5) is 18.9. The van der Waals surface area contributed by atoms with Crippen LogP contribution in [0, 0.1) is 6.92 Å². The van der Waals surface area contributed by atoms with Gasteiger partial charge in [0, 0.05) is 38.4 Å². The fourth-order valence-electron chi connectivity index (χ4n) is 2.95. The third-order valence-electron chi connectivity index (χ3n) is 4.28. The van der Waals surface area contributed by atoms with E-state index in [2.05, 4.69) is 10.1 Å². The van der Waals surface area contributed by atoms with Crippen molar-refractivity contribution < 1.29 is 4.79 Å². The molecule has 3 heterocycles. The van der Waals surface area contributed by atoms with E-state index in [1.807, 2.05) is 66.2 Å². The highest BCUT2D eigenvalue weighted by atomic mass is 16.2. The van der Waals surface area contributed by atoms with Gasteiger partial charge in [0.15, 0.2) is 0 Å². The molecule has 4 aromatic rings. The molecule has 0 saturated heterocycles. The van der Waals surface area contributed by atoms with Gasteiger partial charge in [-0.1, -0.05) is 12.1 Å². The van der Waals surface area contributed by atoms with Gasteiger partial charge in [-0.25, -0.2) is 9.67 Å². The number of hydrogen-bond donors (Lipinski definition) is 0. The van der Waals surface area contributed by atoms with Gasteiger partial charge in [-0.3, -0.25) is 4.79 Å². The number of nitrogens with zero attached hydrogens (tertiary/aromatic N) is 5. The van der Waals surface area contributed by atoms with Crippen LogP contribution in [0.3, 0.4) is 0 Å². The van der Waals surface area contributed by atoms with Crippen molar-refractivity contribution in [1.82, 2.24) is 24.1 Å². The fourth-order valence-corrected chi connectivity index (χ4v) is 2.95. The van der Waals surface area contributed by atoms with Crippen LogP contribution in [0.5, 0.6) is 0 Å². The Balaban J connectivity index is 1.54. The molecule has 0 radical (unpaired) electrons. The van der Waals surface area contributed by atoms with Gasteiger partial charge >= 0.3 is 0 Å². The first kappa shape index (κ1) is 16.1. The van der Waals surface area contributed by atoms with Crippen LogP contribution in [-0.2, 0) is 6.54 Å². The van der Waals surface area contributed by atoms with Crippen molar-refractivity contribution in [3.8, 4) is 5.69 Å². The van der Waals surface area contributed by atoms with E-state index in [-0.39, 0.29) is 5.91 Å². The number of carbonyl (C=O) groups is 1. The van der Waals surface area contributed by atoms with Gasteiger partial charge in [-0.15, -0.1) is 0 Å². The number of rotatable bonds is 4. The standard InChI is InChI=1S/C20H19N5O/c1-15-7-10-24-14-18(22-19(24)11-15)20(26)23(2)13-16-5-3-6-17(12-16)25-9-4-8-21-25/h3-12,14H,13H2,1-2H3. The number of benzene rings is 1. The maximum Gasteiger partial charge on any atom is 0.274 e. The third-order valence-corrected chi connectivity index (χ3v) is 4.28.